The molecule has 2 heterocycles. The average molecular weight is 283 g/mol. The smallest absolute Gasteiger partial charge is 0.231 e. The number of methoxy groups -OCH3 is 2. The molecule has 3 aromatic rings. The largest absolute Gasteiger partial charge is 0.496 e. The summed E-state index contributed by atoms with van der Waals surface area (Å²) in [6.45, 7) is 0.247. The molecule has 0 radical (unpaired) electrons. The fourth-order valence-corrected chi connectivity index (χ4v) is 2.69. The predicted molar refractivity (Wildman–Crippen MR) is 78.5 cm³/mol. The lowest BCUT2D eigenvalue weighted by molar-refractivity contribution is 0.174. The Bertz CT molecular complexity index is 860. The molecule has 0 amide bonds. The lowest BCUT2D eigenvalue weighted by atomic mass is 10.0. The number of aromatic nitrogens is 1. The van der Waals surface area contributed by atoms with Gasteiger partial charge in [0.25, 0.3) is 0 Å². The van der Waals surface area contributed by atoms with Crippen LogP contribution in [0, 0.1) is 0 Å². The van der Waals surface area contributed by atoms with E-state index in [0.29, 0.717) is 5.75 Å². The Balaban J connectivity index is 2.17. The summed E-state index contributed by atoms with van der Waals surface area (Å²) in [4.78, 5) is 4.51. The molecule has 0 N–H and O–H groups in total. The molecular weight excluding hydrogens is 270 g/mol. The molecule has 21 heavy (non-hydrogen) atoms. The van der Waals surface area contributed by atoms with Crippen molar-refractivity contribution >= 4 is 21.7 Å². The average Bonchev–Trinajstić information content (AvgIpc) is 2.98. The number of hydrogen-bond donors (Lipinski definition) is 0. The molecule has 0 saturated heterocycles. The highest BCUT2D eigenvalue weighted by Crippen LogP contribution is 2.42. The summed E-state index contributed by atoms with van der Waals surface area (Å²) in [6, 6.07) is 7.63. The van der Waals surface area contributed by atoms with Crippen LogP contribution < -0.4 is 18.9 Å². The number of hydrogen-bond acceptors (Lipinski definition) is 5. The lowest BCUT2D eigenvalue weighted by Crippen LogP contribution is -1.93. The van der Waals surface area contributed by atoms with E-state index in [1.165, 1.54) is 0 Å². The first-order chi connectivity index (χ1) is 10.3. The molecular formula is C16H13NO4. The van der Waals surface area contributed by atoms with Crippen LogP contribution in [0.2, 0.25) is 0 Å². The predicted octanol–water partition coefficient (Wildman–Crippen LogP) is 3.13. The van der Waals surface area contributed by atoms with Crippen LogP contribution in [0.15, 0.2) is 30.5 Å². The maximum atomic E-state index is 5.49. The van der Waals surface area contributed by atoms with Crippen LogP contribution in [-0.4, -0.2) is 26.0 Å². The van der Waals surface area contributed by atoms with Gasteiger partial charge in [0.15, 0.2) is 11.5 Å². The molecule has 0 bridgehead atoms. The molecule has 106 valence electrons. The fraction of sp³-hybridized carbons (Fsp3) is 0.188. The van der Waals surface area contributed by atoms with Crippen molar-refractivity contribution in [3.05, 3.63) is 30.5 Å². The lowest BCUT2D eigenvalue weighted by Gasteiger charge is -2.11. The van der Waals surface area contributed by atoms with E-state index < -0.39 is 0 Å². The van der Waals surface area contributed by atoms with Crippen molar-refractivity contribution in [3.8, 4) is 23.0 Å². The van der Waals surface area contributed by atoms with E-state index in [4.69, 9.17) is 18.9 Å². The molecule has 0 unspecified atom stereocenters. The van der Waals surface area contributed by atoms with E-state index in [1.54, 1.807) is 14.2 Å². The van der Waals surface area contributed by atoms with Crippen LogP contribution in [0.25, 0.3) is 21.7 Å². The second kappa shape index (κ2) is 4.41. The number of ether oxygens (including phenoxy) is 4. The Kier molecular flexibility index (Phi) is 2.54. The fourth-order valence-electron chi connectivity index (χ4n) is 2.69. The number of nitrogens with zero attached hydrogens (tertiary/aromatic N) is 1. The summed E-state index contributed by atoms with van der Waals surface area (Å²) in [5.41, 5.74) is 0.767. The van der Waals surface area contributed by atoms with Crippen molar-refractivity contribution in [2.45, 2.75) is 0 Å². The van der Waals surface area contributed by atoms with Gasteiger partial charge in [-0.15, -0.1) is 0 Å². The van der Waals surface area contributed by atoms with Gasteiger partial charge in [-0.2, -0.15) is 0 Å². The zero-order chi connectivity index (χ0) is 14.4. The van der Waals surface area contributed by atoms with Gasteiger partial charge in [-0.25, -0.2) is 0 Å². The summed E-state index contributed by atoms with van der Waals surface area (Å²) >= 11 is 0. The first-order valence-corrected chi connectivity index (χ1v) is 6.55. The molecule has 0 fully saturated rings. The van der Waals surface area contributed by atoms with Crippen LogP contribution in [-0.2, 0) is 0 Å². The SMILES string of the molecule is COc1ccc(OC)c2c1ncc1cc3c(cc12)OCO3. The molecule has 0 atom stereocenters. The second-order valence-corrected chi connectivity index (χ2v) is 4.74. The van der Waals surface area contributed by atoms with Gasteiger partial charge in [-0.1, -0.05) is 0 Å². The number of rotatable bonds is 2. The molecule has 0 spiro atoms. The Labute approximate surface area is 121 Å². The zero-order valence-corrected chi connectivity index (χ0v) is 11.7. The van der Waals surface area contributed by atoms with E-state index >= 15 is 0 Å². The zero-order valence-electron chi connectivity index (χ0n) is 11.7. The van der Waals surface area contributed by atoms with Gasteiger partial charge in [0, 0.05) is 17.0 Å². The molecule has 1 aliphatic heterocycles. The van der Waals surface area contributed by atoms with Gasteiger partial charge < -0.3 is 18.9 Å². The van der Waals surface area contributed by atoms with Crippen LogP contribution in [0.3, 0.4) is 0 Å². The van der Waals surface area contributed by atoms with Crippen LogP contribution in [0.4, 0.5) is 0 Å². The first-order valence-electron chi connectivity index (χ1n) is 6.55. The summed E-state index contributed by atoms with van der Waals surface area (Å²) in [6.07, 6.45) is 1.81. The Morgan fingerprint density at radius 1 is 1.00 bits per heavy atom. The highest BCUT2D eigenvalue weighted by molar-refractivity contribution is 6.11. The van der Waals surface area contributed by atoms with Gasteiger partial charge in [0.05, 0.1) is 19.6 Å². The molecule has 2 aromatic carbocycles. The monoisotopic (exact) mass is 283 g/mol. The Hall–Kier alpha value is -2.69. The quantitative estimate of drug-likeness (QED) is 0.676. The third kappa shape index (κ3) is 1.67. The molecule has 4 rings (SSSR count). The highest BCUT2D eigenvalue weighted by Gasteiger charge is 2.18. The third-order valence-electron chi connectivity index (χ3n) is 3.69. The Morgan fingerprint density at radius 3 is 2.48 bits per heavy atom. The van der Waals surface area contributed by atoms with Gasteiger partial charge in [0.1, 0.15) is 17.0 Å². The summed E-state index contributed by atoms with van der Waals surface area (Å²) in [5.74, 6) is 2.94. The van der Waals surface area contributed by atoms with E-state index in [0.717, 1.165) is 38.9 Å². The standard InChI is InChI=1S/C16H13NO4/c1-18-11-3-4-12(19-2)16-15(11)10-6-14-13(20-8-21-14)5-9(10)7-17-16/h3-7H,8H2,1-2H3. The Morgan fingerprint density at radius 2 is 1.71 bits per heavy atom. The minimum absolute atomic E-state index is 0.247. The summed E-state index contributed by atoms with van der Waals surface area (Å²) in [5, 5.41) is 2.88. The van der Waals surface area contributed by atoms with Gasteiger partial charge >= 0.3 is 0 Å². The van der Waals surface area contributed by atoms with Crippen molar-refractivity contribution in [3.63, 3.8) is 0 Å². The number of fused-ring (bicyclic) bond motifs is 4. The van der Waals surface area contributed by atoms with Crippen molar-refractivity contribution in [1.29, 1.82) is 0 Å². The van der Waals surface area contributed by atoms with E-state index in [2.05, 4.69) is 4.98 Å². The van der Waals surface area contributed by atoms with Crippen molar-refractivity contribution < 1.29 is 18.9 Å². The summed E-state index contributed by atoms with van der Waals surface area (Å²) < 4.78 is 21.8. The minimum Gasteiger partial charge on any atom is -0.496 e. The van der Waals surface area contributed by atoms with Gasteiger partial charge in [0.2, 0.25) is 6.79 Å². The van der Waals surface area contributed by atoms with Crippen molar-refractivity contribution in [2.24, 2.45) is 0 Å². The molecule has 5 heteroatoms. The summed E-state index contributed by atoms with van der Waals surface area (Å²) in [7, 11) is 3.28. The van der Waals surface area contributed by atoms with Crippen molar-refractivity contribution in [1.82, 2.24) is 4.98 Å². The normalized spacial score (nSPS) is 12.9. The third-order valence-corrected chi connectivity index (χ3v) is 3.69. The number of pyridine rings is 1. The van der Waals surface area contributed by atoms with Gasteiger partial charge in [-0.05, 0) is 24.3 Å². The molecule has 5 nitrogen and oxygen atoms in total. The minimum atomic E-state index is 0.247. The van der Waals surface area contributed by atoms with Crippen molar-refractivity contribution in [2.75, 3.05) is 21.0 Å². The van der Waals surface area contributed by atoms with E-state index in [9.17, 15) is 0 Å². The van der Waals surface area contributed by atoms with Crippen LogP contribution in [0.5, 0.6) is 23.0 Å². The highest BCUT2D eigenvalue weighted by atomic mass is 16.7. The van der Waals surface area contributed by atoms with E-state index in [-0.39, 0.29) is 6.79 Å². The number of benzene rings is 2. The maximum Gasteiger partial charge on any atom is 0.231 e. The van der Waals surface area contributed by atoms with E-state index in [1.807, 2.05) is 30.5 Å². The molecule has 0 saturated carbocycles. The van der Waals surface area contributed by atoms with Crippen LogP contribution in [0.1, 0.15) is 0 Å². The molecule has 0 aliphatic carbocycles. The molecule has 1 aromatic heterocycles. The topological polar surface area (TPSA) is 49.8 Å². The first kappa shape index (κ1) is 12.1. The van der Waals surface area contributed by atoms with Crippen LogP contribution >= 0.6 is 0 Å². The molecule has 1 aliphatic rings. The van der Waals surface area contributed by atoms with Gasteiger partial charge in [-0.3, -0.25) is 4.98 Å². The maximum absolute atomic E-state index is 5.49. The second-order valence-electron chi connectivity index (χ2n) is 4.74.